The van der Waals surface area contributed by atoms with Crippen LogP contribution in [0.5, 0.6) is 0 Å². The van der Waals surface area contributed by atoms with E-state index in [0.29, 0.717) is 0 Å². The predicted octanol–water partition coefficient (Wildman–Crippen LogP) is 3.78. The molecule has 1 heterocycles. The second kappa shape index (κ2) is 3.24. The Morgan fingerprint density at radius 2 is 2.31 bits per heavy atom. The van der Waals surface area contributed by atoms with E-state index < -0.39 is 0 Å². The van der Waals surface area contributed by atoms with Gasteiger partial charge in [-0.3, -0.25) is 4.79 Å². The second-order valence-corrected chi connectivity index (χ2v) is 4.64. The van der Waals surface area contributed by atoms with E-state index in [9.17, 15) is 4.79 Å². The summed E-state index contributed by atoms with van der Waals surface area (Å²) in [5.41, 5.74) is 1.84. The molecule has 2 rings (SSSR count). The molecular weight excluding hydrogens is 248 g/mol. The van der Waals surface area contributed by atoms with Gasteiger partial charge in [-0.1, -0.05) is 15.9 Å². The molecule has 0 saturated heterocycles. The van der Waals surface area contributed by atoms with Crippen LogP contribution in [0, 0.1) is 6.92 Å². The summed E-state index contributed by atoms with van der Waals surface area (Å²) in [7, 11) is 0. The molecule has 3 heteroatoms. The summed E-state index contributed by atoms with van der Waals surface area (Å²) in [4.78, 5) is 10.8. The summed E-state index contributed by atoms with van der Waals surface area (Å²) >= 11 is 5.09. The first-order chi connectivity index (χ1) is 6.24. The first-order valence-electron chi connectivity index (χ1n) is 3.85. The Bertz CT molecular complexity index is 473. The lowest BCUT2D eigenvalue weighted by atomic mass is 10.1. The second-order valence-electron chi connectivity index (χ2n) is 2.87. The molecule has 0 aliphatic rings. The standard InChI is InChI=1S/C10H7BrOS/c1-6-4-9(11)7-2-3-13-10(7)8(6)5-12/h2-5H,1H3. The quantitative estimate of drug-likeness (QED) is 0.708. The fourth-order valence-electron chi connectivity index (χ4n) is 1.38. The van der Waals surface area contributed by atoms with Crippen LogP contribution in [-0.2, 0) is 0 Å². The van der Waals surface area contributed by atoms with Crippen LogP contribution in [0.3, 0.4) is 0 Å². The van der Waals surface area contributed by atoms with Gasteiger partial charge in [-0.15, -0.1) is 11.3 Å². The van der Waals surface area contributed by atoms with Crippen molar-refractivity contribution < 1.29 is 4.79 Å². The Balaban J connectivity index is 2.96. The molecule has 0 unspecified atom stereocenters. The third-order valence-electron chi connectivity index (χ3n) is 2.05. The third-order valence-corrected chi connectivity index (χ3v) is 3.66. The highest BCUT2D eigenvalue weighted by Crippen LogP contribution is 2.32. The zero-order valence-electron chi connectivity index (χ0n) is 7.00. The van der Waals surface area contributed by atoms with Gasteiger partial charge in [-0.25, -0.2) is 0 Å². The largest absolute Gasteiger partial charge is 0.298 e. The van der Waals surface area contributed by atoms with Gasteiger partial charge in [0.25, 0.3) is 0 Å². The highest BCUT2D eigenvalue weighted by atomic mass is 79.9. The number of fused-ring (bicyclic) bond motifs is 1. The van der Waals surface area contributed by atoms with Crippen molar-refractivity contribution in [2.24, 2.45) is 0 Å². The molecule has 2 aromatic rings. The Morgan fingerprint density at radius 3 is 3.00 bits per heavy atom. The molecule has 0 fully saturated rings. The van der Waals surface area contributed by atoms with Crippen molar-refractivity contribution in [2.75, 3.05) is 0 Å². The topological polar surface area (TPSA) is 17.1 Å². The maximum Gasteiger partial charge on any atom is 0.151 e. The summed E-state index contributed by atoms with van der Waals surface area (Å²) in [5.74, 6) is 0. The van der Waals surface area contributed by atoms with Crippen LogP contribution in [0.25, 0.3) is 10.1 Å². The summed E-state index contributed by atoms with van der Waals surface area (Å²) in [6.07, 6.45) is 0.931. The van der Waals surface area contributed by atoms with Crippen molar-refractivity contribution in [1.82, 2.24) is 0 Å². The monoisotopic (exact) mass is 254 g/mol. The summed E-state index contributed by atoms with van der Waals surface area (Å²) < 4.78 is 2.13. The molecule has 1 aromatic heterocycles. The smallest absolute Gasteiger partial charge is 0.151 e. The van der Waals surface area contributed by atoms with E-state index in [-0.39, 0.29) is 0 Å². The maximum atomic E-state index is 10.8. The lowest BCUT2D eigenvalue weighted by Gasteiger charge is -2.01. The first-order valence-corrected chi connectivity index (χ1v) is 5.53. The lowest BCUT2D eigenvalue weighted by molar-refractivity contribution is 0.112. The van der Waals surface area contributed by atoms with Crippen LogP contribution >= 0.6 is 27.3 Å². The average molecular weight is 255 g/mol. The molecule has 1 aromatic carbocycles. The van der Waals surface area contributed by atoms with E-state index >= 15 is 0 Å². The van der Waals surface area contributed by atoms with Crippen LogP contribution in [0.2, 0.25) is 0 Å². The molecule has 0 aliphatic heterocycles. The van der Waals surface area contributed by atoms with Crippen LogP contribution in [-0.4, -0.2) is 6.29 Å². The van der Waals surface area contributed by atoms with Gasteiger partial charge < -0.3 is 0 Å². The van der Waals surface area contributed by atoms with Crippen molar-refractivity contribution in [3.05, 3.63) is 33.1 Å². The van der Waals surface area contributed by atoms with E-state index in [1.807, 2.05) is 24.4 Å². The number of benzene rings is 1. The van der Waals surface area contributed by atoms with Gasteiger partial charge >= 0.3 is 0 Å². The predicted molar refractivity (Wildman–Crippen MR) is 59.6 cm³/mol. The average Bonchev–Trinajstić information content (AvgIpc) is 2.53. The zero-order valence-corrected chi connectivity index (χ0v) is 9.41. The van der Waals surface area contributed by atoms with Crippen molar-refractivity contribution >= 4 is 43.6 Å². The Labute approximate surface area is 88.5 Å². The first kappa shape index (κ1) is 8.91. The van der Waals surface area contributed by atoms with Gasteiger partial charge in [0.15, 0.2) is 6.29 Å². The van der Waals surface area contributed by atoms with Crippen LogP contribution in [0.4, 0.5) is 0 Å². The SMILES string of the molecule is Cc1cc(Br)c2ccsc2c1C=O. The van der Waals surface area contributed by atoms with E-state index in [2.05, 4.69) is 15.9 Å². The summed E-state index contributed by atoms with van der Waals surface area (Å²) in [6.45, 7) is 1.95. The number of aryl methyl sites for hydroxylation is 1. The molecule has 0 atom stereocenters. The van der Waals surface area contributed by atoms with Crippen molar-refractivity contribution in [3.63, 3.8) is 0 Å². The van der Waals surface area contributed by atoms with Gasteiger partial charge in [-0.05, 0) is 30.0 Å². The van der Waals surface area contributed by atoms with Crippen LogP contribution in [0.15, 0.2) is 22.0 Å². The van der Waals surface area contributed by atoms with Gasteiger partial charge in [-0.2, -0.15) is 0 Å². The number of hydrogen-bond donors (Lipinski definition) is 0. The van der Waals surface area contributed by atoms with Gasteiger partial charge in [0.2, 0.25) is 0 Å². The number of halogens is 1. The van der Waals surface area contributed by atoms with E-state index in [0.717, 1.165) is 32.0 Å². The molecule has 66 valence electrons. The zero-order chi connectivity index (χ0) is 9.42. The van der Waals surface area contributed by atoms with Gasteiger partial charge in [0, 0.05) is 20.1 Å². The highest BCUT2D eigenvalue weighted by molar-refractivity contribution is 9.10. The molecular formula is C10H7BrOS. The molecule has 0 radical (unpaired) electrons. The molecule has 1 nitrogen and oxygen atoms in total. The molecule has 0 amide bonds. The summed E-state index contributed by atoms with van der Waals surface area (Å²) in [5, 5.41) is 3.12. The summed E-state index contributed by atoms with van der Waals surface area (Å²) in [6, 6.07) is 4.01. The fraction of sp³-hybridized carbons (Fsp3) is 0.100. The van der Waals surface area contributed by atoms with Gasteiger partial charge in [0.1, 0.15) is 0 Å². The number of rotatable bonds is 1. The number of thiophene rings is 1. The maximum absolute atomic E-state index is 10.8. The van der Waals surface area contributed by atoms with E-state index in [4.69, 9.17) is 0 Å². The normalized spacial score (nSPS) is 10.6. The number of carbonyl (C=O) groups is 1. The van der Waals surface area contributed by atoms with Crippen molar-refractivity contribution in [1.29, 1.82) is 0 Å². The molecule has 0 spiro atoms. The number of carbonyl (C=O) groups excluding carboxylic acids is 1. The Hall–Kier alpha value is -0.670. The molecule has 0 saturated carbocycles. The molecule has 13 heavy (non-hydrogen) atoms. The molecule has 0 N–H and O–H groups in total. The highest BCUT2D eigenvalue weighted by Gasteiger charge is 2.08. The minimum Gasteiger partial charge on any atom is -0.298 e. The fourth-order valence-corrected chi connectivity index (χ4v) is 3.16. The van der Waals surface area contributed by atoms with Crippen molar-refractivity contribution in [3.8, 4) is 0 Å². The molecule has 0 bridgehead atoms. The Kier molecular flexibility index (Phi) is 2.22. The van der Waals surface area contributed by atoms with E-state index in [1.54, 1.807) is 11.3 Å². The number of hydrogen-bond acceptors (Lipinski definition) is 2. The van der Waals surface area contributed by atoms with Gasteiger partial charge in [0.05, 0.1) is 0 Å². The van der Waals surface area contributed by atoms with Crippen LogP contribution < -0.4 is 0 Å². The minimum atomic E-state index is 0.813. The van der Waals surface area contributed by atoms with Crippen molar-refractivity contribution in [2.45, 2.75) is 6.92 Å². The molecule has 0 aliphatic carbocycles. The van der Waals surface area contributed by atoms with Crippen LogP contribution in [0.1, 0.15) is 15.9 Å². The number of aldehydes is 1. The third kappa shape index (κ3) is 1.32. The lowest BCUT2D eigenvalue weighted by Crippen LogP contribution is -1.86. The minimum absolute atomic E-state index is 0.813. The Morgan fingerprint density at radius 1 is 1.54 bits per heavy atom. The van der Waals surface area contributed by atoms with E-state index in [1.165, 1.54) is 0 Å².